The predicted octanol–water partition coefficient (Wildman–Crippen LogP) is 7.57. The third-order valence-electron chi connectivity index (χ3n) is 15.4. The van der Waals surface area contributed by atoms with Crippen molar-refractivity contribution in [1.82, 2.24) is 24.7 Å². The number of imide groups is 1. The van der Waals surface area contributed by atoms with Gasteiger partial charge in [0.25, 0.3) is 0 Å². The van der Waals surface area contributed by atoms with E-state index in [2.05, 4.69) is 27.4 Å². The van der Waals surface area contributed by atoms with Gasteiger partial charge in [-0.15, -0.1) is 0 Å². The highest BCUT2D eigenvalue weighted by Gasteiger charge is 2.76. The molecule has 3 N–H and O–H groups in total. The van der Waals surface area contributed by atoms with Gasteiger partial charge in [-0.1, -0.05) is 97.8 Å². The van der Waals surface area contributed by atoms with Gasteiger partial charge in [-0.05, 0) is 100 Å². The molecule has 2 spiro atoms. The van der Waals surface area contributed by atoms with Crippen molar-refractivity contribution in [2.75, 3.05) is 18.5 Å². The smallest absolute Gasteiger partial charge is 0.329 e. The predicted molar refractivity (Wildman–Crippen MR) is 252 cm³/mol. The zero-order chi connectivity index (χ0) is 46.7. The Hall–Kier alpha value is -5.00. The number of anilines is 1. The van der Waals surface area contributed by atoms with Crippen LogP contribution in [0.5, 0.6) is 0 Å². The van der Waals surface area contributed by atoms with Gasteiger partial charge in [-0.3, -0.25) is 38.5 Å². The van der Waals surface area contributed by atoms with E-state index in [0.717, 1.165) is 50.5 Å². The summed E-state index contributed by atoms with van der Waals surface area (Å²) in [5.41, 5.74) is 0.288. The standard InChI is InChI=1S/C51H57Cl2FN6O6/c1-49(66)29-33(30-49)55-46(63)44-41(34-18-15-19-36(53)42(34)54)51(50(58(44)3)25-11-9-12-26-50)35-22-21-32(52)28-39(35)59(47(51)64)27-13-8-6-4-5-7-10-16-31-17-14-20-37-43(31)57(2)48(65)60(37)38-23-24-40(61)56-45(38)62/h14-15,17-22,28,33,38,41,44,66H,4-9,11-13,23-27,29-30H2,1-3H3,(H,55,63)(H,56,61,62)/t33-,38?,41-,44+,49+,51+/m0/s1. The van der Waals surface area contributed by atoms with Crippen LogP contribution in [0.4, 0.5) is 10.1 Å². The van der Waals surface area contributed by atoms with Gasteiger partial charge in [0.05, 0.1) is 33.3 Å². The molecule has 0 radical (unpaired) electrons. The Morgan fingerprint density at radius 2 is 1.68 bits per heavy atom. The number of amides is 4. The van der Waals surface area contributed by atoms with E-state index >= 15 is 9.18 Å². The molecule has 2 saturated carbocycles. The number of halogens is 3. The number of likely N-dealkylation sites (N-methyl/N-ethyl adjacent to an activating group) is 1. The van der Waals surface area contributed by atoms with E-state index < -0.39 is 46.3 Å². The summed E-state index contributed by atoms with van der Waals surface area (Å²) in [6.45, 7) is 2.18. The van der Waals surface area contributed by atoms with Gasteiger partial charge >= 0.3 is 5.69 Å². The summed E-state index contributed by atoms with van der Waals surface area (Å²) in [5, 5.41) is 16.5. The Kier molecular flexibility index (Phi) is 12.5. The number of carbonyl (C=O) groups excluding carboxylic acids is 4. The van der Waals surface area contributed by atoms with E-state index in [1.807, 2.05) is 36.2 Å². The number of para-hydroxylation sites is 1. The summed E-state index contributed by atoms with van der Waals surface area (Å²) in [7, 11) is 3.59. The highest BCUT2D eigenvalue weighted by atomic mass is 35.5. The van der Waals surface area contributed by atoms with Crippen molar-refractivity contribution in [3.8, 4) is 11.8 Å². The van der Waals surface area contributed by atoms with Crippen LogP contribution < -0.4 is 21.2 Å². The zero-order valence-electron chi connectivity index (χ0n) is 37.7. The second-order valence-electron chi connectivity index (χ2n) is 19.5. The molecule has 4 fully saturated rings. The second kappa shape index (κ2) is 17.9. The van der Waals surface area contributed by atoms with Gasteiger partial charge in [-0.25, -0.2) is 9.18 Å². The number of rotatable bonds is 11. The van der Waals surface area contributed by atoms with E-state index in [-0.39, 0.29) is 52.9 Å². The van der Waals surface area contributed by atoms with Crippen molar-refractivity contribution in [1.29, 1.82) is 0 Å². The van der Waals surface area contributed by atoms with E-state index in [0.29, 0.717) is 72.4 Å². The molecule has 4 atom stereocenters. The van der Waals surface area contributed by atoms with Crippen LogP contribution >= 0.6 is 23.2 Å². The number of likely N-dealkylation sites (tertiary alicyclic amines) is 1. The topological polar surface area (TPSA) is 146 Å². The molecule has 12 nitrogen and oxygen atoms in total. The minimum atomic E-state index is -1.33. The monoisotopic (exact) mass is 938 g/mol. The van der Waals surface area contributed by atoms with Crippen molar-refractivity contribution in [3.63, 3.8) is 0 Å². The Bertz CT molecular complexity index is 2740. The lowest BCUT2D eigenvalue weighted by Crippen LogP contribution is -2.62. The quantitative estimate of drug-likeness (QED) is 0.0800. The second-order valence-corrected chi connectivity index (χ2v) is 20.3. The molecule has 9 rings (SSSR count). The van der Waals surface area contributed by atoms with Crippen LogP contribution in [0.15, 0.2) is 59.4 Å². The maximum atomic E-state index is 16.7. The number of aryl methyl sites for hydroxylation is 1. The maximum Gasteiger partial charge on any atom is 0.329 e. The SMILES string of the molecule is CN1[C@@H](C(=O)N[C@H]2C[C@@](C)(O)C2)[C@H](c2cccc(Cl)c2F)[C@]2(C(=O)N(CCCCCCCC#Cc3cccc4c3n(C)c(=O)n4C3CCC(=O)NC3=O)c3cc(Cl)ccc32)C12CCCCC2. The summed E-state index contributed by atoms with van der Waals surface area (Å²) < 4.78 is 19.6. The highest BCUT2D eigenvalue weighted by Crippen LogP contribution is 2.67. The van der Waals surface area contributed by atoms with Crippen molar-refractivity contribution in [2.45, 2.75) is 144 Å². The molecular weight excluding hydrogens is 883 g/mol. The number of imidazole rings is 1. The van der Waals surface area contributed by atoms with Gasteiger partial charge in [0, 0.05) is 54.6 Å². The van der Waals surface area contributed by atoms with Crippen molar-refractivity contribution >= 4 is 63.6 Å². The number of hydrogen-bond donors (Lipinski definition) is 3. The number of piperidine rings is 1. The molecule has 2 saturated heterocycles. The Labute approximate surface area is 394 Å². The van der Waals surface area contributed by atoms with Gasteiger partial charge in [-0.2, -0.15) is 0 Å². The van der Waals surface area contributed by atoms with E-state index in [9.17, 15) is 24.3 Å². The molecule has 3 aromatic carbocycles. The molecule has 4 aromatic rings. The number of nitrogens with one attached hydrogen (secondary N) is 2. The normalized spacial score (nSPS) is 27.0. The first-order chi connectivity index (χ1) is 31.6. The summed E-state index contributed by atoms with van der Waals surface area (Å²) in [5.74, 6) is 3.72. The highest BCUT2D eigenvalue weighted by molar-refractivity contribution is 6.31. The van der Waals surface area contributed by atoms with Crippen LogP contribution in [0, 0.1) is 17.7 Å². The molecule has 348 valence electrons. The van der Waals surface area contributed by atoms with Crippen LogP contribution in [0.25, 0.3) is 11.0 Å². The van der Waals surface area contributed by atoms with E-state index in [1.165, 1.54) is 15.2 Å². The minimum Gasteiger partial charge on any atom is -0.390 e. The molecule has 1 aromatic heterocycles. The fourth-order valence-electron chi connectivity index (χ4n) is 12.5. The third-order valence-corrected chi connectivity index (χ3v) is 15.9. The molecule has 3 aliphatic heterocycles. The van der Waals surface area contributed by atoms with Crippen LogP contribution in [-0.2, 0) is 31.6 Å². The lowest BCUT2D eigenvalue weighted by atomic mass is 9.55. The number of carbonyl (C=O) groups is 4. The Morgan fingerprint density at radius 1 is 0.955 bits per heavy atom. The van der Waals surface area contributed by atoms with Crippen LogP contribution in [-0.4, -0.2) is 79.6 Å². The van der Waals surface area contributed by atoms with Gasteiger partial charge < -0.3 is 15.3 Å². The number of fused-ring (bicyclic) bond motifs is 4. The minimum absolute atomic E-state index is 0.0697. The number of benzene rings is 3. The summed E-state index contributed by atoms with van der Waals surface area (Å²) in [6, 6.07) is 14.0. The number of unbranched alkanes of at least 4 members (excludes halogenated alkanes) is 5. The van der Waals surface area contributed by atoms with Crippen LogP contribution in [0.1, 0.15) is 132 Å². The van der Waals surface area contributed by atoms with Crippen molar-refractivity contribution in [3.05, 3.63) is 97.6 Å². The number of aliphatic hydroxyl groups is 1. The summed E-state index contributed by atoms with van der Waals surface area (Å²) in [4.78, 5) is 72.4. The van der Waals surface area contributed by atoms with E-state index in [1.54, 1.807) is 38.2 Å². The molecule has 5 aliphatic rings. The molecule has 2 aliphatic carbocycles. The molecule has 66 heavy (non-hydrogen) atoms. The largest absolute Gasteiger partial charge is 0.390 e. The maximum absolute atomic E-state index is 16.7. The molecule has 4 heterocycles. The third kappa shape index (κ3) is 7.56. The van der Waals surface area contributed by atoms with Crippen molar-refractivity contribution < 1.29 is 28.7 Å². The van der Waals surface area contributed by atoms with Gasteiger partial charge in [0.1, 0.15) is 17.3 Å². The molecular formula is C51H57Cl2FN6O6. The average molecular weight is 940 g/mol. The fraction of sp³-hybridized carbons (Fsp3) is 0.510. The van der Waals surface area contributed by atoms with Gasteiger partial charge in [0.2, 0.25) is 23.6 Å². The lowest BCUT2D eigenvalue weighted by molar-refractivity contribution is -0.136. The Morgan fingerprint density at radius 3 is 2.42 bits per heavy atom. The summed E-state index contributed by atoms with van der Waals surface area (Å²) in [6.07, 6.45) is 10.1. The molecule has 1 unspecified atom stereocenters. The van der Waals surface area contributed by atoms with Gasteiger partial charge in [0.15, 0.2) is 0 Å². The number of nitrogens with zero attached hydrogens (tertiary/aromatic N) is 4. The first kappa shape index (κ1) is 46.1. The molecule has 4 amide bonds. The number of hydrogen-bond acceptors (Lipinski definition) is 7. The van der Waals surface area contributed by atoms with E-state index in [4.69, 9.17) is 23.2 Å². The van der Waals surface area contributed by atoms with Crippen LogP contribution in [0.2, 0.25) is 10.0 Å². The molecule has 0 bridgehead atoms. The van der Waals surface area contributed by atoms with Crippen LogP contribution in [0.3, 0.4) is 0 Å². The molecule has 15 heteroatoms. The average Bonchev–Trinajstić information content (AvgIpc) is 3.76. The Balaban J connectivity index is 0.926. The lowest BCUT2D eigenvalue weighted by Gasteiger charge is -2.50. The number of aromatic nitrogens is 2. The zero-order valence-corrected chi connectivity index (χ0v) is 39.2. The summed E-state index contributed by atoms with van der Waals surface area (Å²) >= 11 is 13.3. The van der Waals surface area contributed by atoms with Crippen molar-refractivity contribution in [2.24, 2.45) is 7.05 Å². The first-order valence-corrected chi connectivity index (χ1v) is 24.2. The fourth-order valence-corrected chi connectivity index (χ4v) is 12.8. The first-order valence-electron chi connectivity index (χ1n) is 23.5.